The molecule has 8 N–H and O–H groups in total. The molecule has 0 aliphatic rings. The molecule has 1 aromatic heterocycles. The molecule has 3 rings (SSSR count). The normalized spacial score (nSPS) is 11.1. The smallest absolute Gasteiger partial charge is 0.357 e. The number of nitrogens with two attached hydrogens (primary N) is 3. The van der Waals surface area contributed by atoms with Gasteiger partial charge in [0.05, 0.1) is 26.5 Å². The Morgan fingerprint density at radius 3 is 2.41 bits per heavy atom. The Labute approximate surface area is 184 Å². The van der Waals surface area contributed by atoms with Gasteiger partial charge in [0, 0.05) is 17.2 Å². The summed E-state index contributed by atoms with van der Waals surface area (Å²) in [5, 5.41) is 1.26. The Morgan fingerprint density at radius 2 is 1.75 bits per heavy atom. The second-order valence-corrected chi connectivity index (χ2v) is 7.75. The Bertz CT molecular complexity index is 1240. The van der Waals surface area contributed by atoms with Gasteiger partial charge >= 0.3 is 10.3 Å². The van der Waals surface area contributed by atoms with E-state index in [-0.39, 0.29) is 29.7 Å². The molecule has 0 unspecified atom stereocenters. The SMILES string of the molecule is COc1cc(NS(=O)(=O)O)ccc1CN(N)c1nc(N)nc(-c2ccccc2OC)c1N. The monoisotopic (exact) mass is 461 g/mol. The molecule has 2 aromatic carbocycles. The molecule has 0 aliphatic carbocycles. The van der Waals surface area contributed by atoms with Gasteiger partial charge in [-0.2, -0.15) is 13.4 Å². The van der Waals surface area contributed by atoms with Crippen LogP contribution in [0.4, 0.5) is 23.1 Å². The van der Waals surface area contributed by atoms with E-state index in [1.165, 1.54) is 31.4 Å². The zero-order chi connectivity index (χ0) is 23.5. The third-order valence-corrected chi connectivity index (χ3v) is 4.95. The minimum absolute atomic E-state index is 0.0368. The van der Waals surface area contributed by atoms with Gasteiger partial charge in [-0.25, -0.2) is 10.8 Å². The summed E-state index contributed by atoms with van der Waals surface area (Å²) in [6.45, 7) is 0.0847. The Balaban J connectivity index is 1.97. The molecular formula is C19H23N7O5S. The maximum absolute atomic E-state index is 11.0. The molecule has 0 fully saturated rings. The van der Waals surface area contributed by atoms with Gasteiger partial charge < -0.3 is 20.9 Å². The summed E-state index contributed by atoms with van der Waals surface area (Å²) in [4.78, 5) is 8.42. The van der Waals surface area contributed by atoms with Crippen LogP contribution in [-0.4, -0.2) is 37.2 Å². The zero-order valence-electron chi connectivity index (χ0n) is 17.3. The third-order valence-electron chi connectivity index (χ3n) is 4.45. The zero-order valence-corrected chi connectivity index (χ0v) is 18.1. The number of hydrogen-bond donors (Lipinski definition) is 5. The molecule has 1 heterocycles. The molecule has 3 aromatic rings. The predicted molar refractivity (Wildman–Crippen MR) is 121 cm³/mol. The molecule has 170 valence electrons. The summed E-state index contributed by atoms with van der Waals surface area (Å²) in [5.74, 6) is 7.26. The van der Waals surface area contributed by atoms with Crippen molar-refractivity contribution in [2.45, 2.75) is 6.54 Å². The van der Waals surface area contributed by atoms with Crippen molar-refractivity contribution in [1.29, 1.82) is 0 Å². The lowest BCUT2D eigenvalue weighted by Crippen LogP contribution is -2.32. The summed E-state index contributed by atoms with van der Waals surface area (Å²) in [5.41, 5.74) is 14.1. The number of nitrogen functional groups attached to an aromatic ring is 2. The molecule has 0 amide bonds. The minimum Gasteiger partial charge on any atom is -0.496 e. The van der Waals surface area contributed by atoms with E-state index in [9.17, 15) is 8.42 Å². The summed E-state index contributed by atoms with van der Waals surface area (Å²) in [7, 11) is -1.49. The standard InChI is InChI=1S/C19H23N7O5S/c1-30-14-6-4-3-5-13(14)17-16(20)18(24-19(21)23-17)26(22)10-11-7-8-12(9-15(11)31-2)25-32(27,28)29/h3-9,25H,10,20,22H2,1-2H3,(H2,21,23,24)(H,27,28,29). The van der Waals surface area contributed by atoms with Gasteiger partial charge in [-0.1, -0.05) is 18.2 Å². The first kappa shape index (κ1) is 22.9. The first-order chi connectivity index (χ1) is 15.1. The number of hydrazine groups is 1. The molecule has 0 atom stereocenters. The molecule has 0 aliphatic heterocycles. The molecule has 13 heteroatoms. The number of aromatic nitrogens is 2. The summed E-state index contributed by atoms with van der Waals surface area (Å²) < 4.78 is 43.7. The highest BCUT2D eigenvalue weighted by molar-refractivity contribution is 7.87. The first-order valence-corrected chi connectivity index (χ1v) is 10.6. The Kier molecular flexibility index (Phi) is 6.53. The van der Waals surface area contributed by atoms with Gasteiger partial charge in [0.15, 0.2) is 5.82 Å². The lowest BCUT2D eigenvalue weighted by Gasteiger charge is -2.22. The van der Waals surface area contributed by atoms with E-state index in [2.05, 4.69) is 9.97 Å². The Hall–Kier alpha value is -3.81. The van der Waals surface area contributed by atoms with E-state index in [1.807, 2.05) is 16.9 Å². The molecule has 0 saturated carbocycles. The maximum atomic E-state index is 11.0. The number of ether oxygens (including phenoxy) is 2. The fraction of sp³-hybridized carbons (Fsp3) is 0.158. The average Bonchev–Trinajstić information content (AvgIpc) is 2.74. The van der Waals surface area contributed by atoms with E-state index in [0.29, 0.717) is 28.3 Å². The van der Waals surface area contributed by atoms with Crippen molar-refractivity contribution in [1.82, 2.24) is 9.97 Å². The summed E-state index contributed by atoms with van der Waals surface area (Å²) in [6, 6.07) is 11.6. The van der Waals surface area contributed by atoms with Gasteiger partial charge in [0.25, 0.3) is 0 Å². The van der Waals surface area contributed by atoms with E-state index < -0.39 is 10.3 Å². The van der Waals surface area contributed by atoms with E-state index in [1.54, 1.807) is 18.2 Å². The molecule has 12 nitrogen and oxygen atoms in total. The van der Waals surface area contributed by atoms with Gasteiger partial charge in [0.1, 0.15) is 22.9 Å². The first-order valence-electron chi connectivity index (χ1n) is 9.13. The van der Waals surface area contributed by atoms with Crippen molar-refractivity contribution in [3.63, 3.8) is 0 Å². The van der Waals surface area contributed by atoms with Crippen molar-refractivity contribution < 1.29 is 22.4 Å². The fourth-order valence-electron chi connectivity index (χ4n) is 3.08. The van der Waals surface area contributed by atoms with Crippen molar-refractivity contribution in [2.24, 2.45) is 5.84 Å². The molecular weight excluding hydrogens is 438 g/mol. The third kappa shape index (κ3) is 5.08. The number of rotatable bonds is 8. The Morgan fingerprint density at radius 1 is 1.06 bits per heavy atom. The number of anilines is 4. The van der Waals surface area contributed by atoms with Gasteiger partial charge in [-0.15, -0.1) is 0 Å². The number of nitrogens with zero attached hydrogens (tertiary/aromatic N) is 3. The highest BCUT2D eigenvalue weighted by Crippen LogP contribution is 2.36. The molecule has 0 radical (unpaired) electrons. The number of para-hydroxylation sites is 1. The van der Waals surface area contributed by atoms with E-state index in [4.69, 9.17) is 31.3 Å². The minimum atomic E-state index is -4.43. The largest absolute Gasteiger partial charge is 0.496 e. The van der Waals surface area contributed by atoms with E-state index in [0.717, 1.165) is 0 Å². The van der Waals surface area contributed by atoms with Crippen LogP contribution in [0.2, 0.25) is 0 Å². The number of nitrogens with one attached hydrogen (secondary N) is 1. The van der Waals surface area contributed by atoms with Crippen molar-refractivity contribution in [3.05, 3.63) is 48.0 Å². The number of hydrogen-bond acceptors (Lipinski definition) is 10. The number of methoxy groups -OCH3 is 2. The average molecular weight is 462 g/mol. The maximum Gasteiger partial charge on any atom is 0.357 e. The second-order valence-electron chi connectivity index (χ2n) is 6.60. The fourth-order valence-corrected chi connectivity index (χ4v) is 3.51. The van der Waals surface area contributed by atoms with Crippen molar-refractivity contribution >= 4 is 33.4 Å². The van der Waals surface area contributed by atoms with Crippen LogP contribution in [0, 0.1) is 0 Å². The van der Waals surface area contributed by atoms with Gasteiger partial charge in [-0.3, -0.25) is 14.3 Å². The van der Waals surface area contributed by atoms with Crippen molar-refractivity contribution in [2.75, 3.05) is 35.4 Å². The van der Waals surface area contributed by atoms with Gasteiger partial charge in [-0.05, 0) is 18.2 Å². The second kappa shape index (κ2) is 9.13. The van der Waals surface area contributed by atoms with Crippen LogP contribution >= 0.6 is 0 Å². The molecule has 0 bridgehead atoms. The van der Waals surface area contributed by atoms with Crippen LogP contribution in [0.5, 0.6) is 11.5 Å². The van der Waals surface area contributed by atoms with Crippen LogP contribution < -0.4 is 36.5 Å². The van der Waals surface area contributed by atoms with Crippen LogP contribution in [0.3, 0.4) is 0 Å². The molecule has 0 saturated heterocycles. The topological polar surface area (TPSA) is 192 Å². The molecule has 32 heavy (non-hydrogen) atoms. The highest BCUT2D eigenvalue weighted by Gasteiger charge is 2.20. The lowest BCUT2D eigenvalue weighted by atomic mass is 10.1. The van der Waals surface area contributed by atoms with Crippen LogP contribution in [-0.2, 0) is 16.8 Å². The predicted octanol–water partition coefficient (Wildman–Crippen LogP) is 1.42. The van der Waals surface area contributed by atoms with Crippen molar-refractivity contribution in [3.8, 4) is 22.8 Å². The lowest BCUT2D eigenvalue weighted by molar-refractivity contribution is 0.409. The summed E-state index contributed by atoms with van der Waals surface area (Å²) in [6.07, 6.45) is 0. The van der Waals surface area contributed by atoms with E-state index >= 15 is 0 Å². The molecule has 0 spiro atoms. The number of benzene rings is 2. The van der Waals surface area contributed by atoms with Crippen LogP contribution in [0.15, 0.2) is 42.5 Å². The van der Waals surface area contributed by atoms with Gasteiger partial charge in [0.2, 0.25) is 5.95 Å². The summed E-state index contributed by atoms with van der Waals surface area (Å²) >= 11 is 0. The highest BCUT2D eigenvalue weighted by atomic mass is 32.2. The quantitative estimate of drug-likeness (QED) is 0.185. The van der Waals surface area contributed by atoms with Crippen LogP contribution in [0.1, 0.15) is 5.56 Å². The van der Waals surface area contributed by atoms with Crippen LogP contribution in [0.25, 0.3) is 11.3 Å².